The fourth-order valence-electron chi connectivity index (χ4n) is 3.35. The van der Waals surface area contributed by atoms with Crippen LogP contribution in [0, 0.1) is 5.92 Å². The molecule has 2 heteroatoms. The van der Waals surface area contributed by atoms with Gasteiger partial charge in [0.2, 0.25) is 0 Å². The molecule has 120 valence electrons. The molecule has 0 aromatic heterocycles. The smallest absolute Gasteiger partial charge is 0.00951 e. The third-order valence-corrected chi connectivity index (χ3v) is 4.60. The van der Waals surface area contributed by atoms with Crippen LogP contribution in [0.2, 0.25) is 0 Å². The maximum atomic E-state index is 3.54. The number of hydrogen-bond acceptors (Lipinski definition) is 2. The van der Waals surface area contributed by atoms with Gasteiger partial charge in [0.15, 0.2) is 0 Å². The Morgan fingerprint density at radius 2 is 1.70 bits per heavy atom. The Morgan fingerprint density at radius 3 is 2.35 bits per heavy atom. The maximum Gasteiger partial charge on any atom is 0.00951 e. The van der Waals surface area contributed by atoms with E-state index >= 15 is 0 Å². The van der Waals surface area contributed by atoms with Gasteiger partial charge in [0.05, 0.1) is 0 Å². The second kappa shape index (κ2) is 11.6. The fourth-order valence-corrected chi connectivity index (χ4v) is 3.35. The molecule has 0 aromatic carbocycles. The molecule has 1 rings (SSSR count). The van der Waals surface area contributed by atoms with Gasteiger partial charge in [-0.05, 0) is 57.8 Å². The molecule has 0 aliphatic heterocycles. The number of rotatable bonds is 11. The van der Waals surface area contributed by atoms with Crippen LogP contribution in [0.5, 0.6) is 0 Å². The first-order valence-corrected chi connectivity index (χ1v) is 9.18. The van der Waals surface area contributed by atoms with E-state index < -0.39 is 0 Å². The molecule has 0 saturated heterocycles. The van der Waals surface area contributed by atoms with Crippen molar-refractivity contribution in [1.29, 1.82) is 0 Å². The third kappa shape index (κ3) is 8.26. The van der Waals surface area contributed by atoms with Crippen LogP contribution in [0.3, 0.4) is 0 Å². The van der Waals surface area contributed by atoms with E-state index in [1.165, 1.54) is 84.0 Å². The molecule has 2 nitrogen and oxygen atoms in total. The van der Waals surface area contributed by atoms with E-state index in [1.807, 2.05) is 0 Å². The molecule has 20 heavy (non-hydrogen) atoms. The van der Waals surface area contributed by atoms with E-state index in [4.69, 9.17) is 0 Å². The summed E-state index contributed by atoms with van der Waals surface area (Å²) in [5.74, 6) is 0.781. The lowest BCUT2D eigenvalue weighted by Gasteiger charge is -2.33. The van der Waals surface area contributed by atoms with Gasteiger partial charge in [-0.3, -0.25) is 0 Å². The monoisotopic (exact) mass is 282 g/mol. The Hall–Kier alpha value is -0.0800. The molecule has 1 aliphatic rings. The molecular formula is C18H38N2. The summed E-state index contributed by atoms with van der Waals surface area (Å²) in [5, 5.41) is 3.54. The van der Waals surface area contributed by atoms with Crippen LogP contribution in [0.4, 0.5) is 0 Å². The summed E-state index contributed by atoms with van der Waals surface area (Å²) in [6.45, 7) is 11.9. The minimum Gasteiger partial charge on any atom is -0.316 e. The molecule has 0 bridgehead atoms. The van der Waals surface area contributed by atoms with Crippen LogP contribution in [-0.4, -0.2) is 37.1 Å². The van der Waals surface area contributed by atoms with E-state index in [2.05, 4.69) is 31.0 Å². The third-order valence-electron chi connectivity index (χ3n) is 4.60. The van der Waals surface area contributed by atoms with Gasteiger partial charge in [-0.25, -0.2) is 0 Å². The lowest BCUT2D eigenvalue weighted by Crippen LogP contribution is -2.37. The van der Waals surface area contributed by atoms with Crippen molar-refractivity contribution < 1.29 is 0 Å². The molecule has 0 unspecified atom stereocenters. The van der Waals surface area contributed by atoms with Crippen LogP contribution in [0.1, 0.15) is 78.6 Å². The normalized spacial score (nSPS) is 17.2. The zero-order valence-electron chi connectivity index (χ0n) is 14.3. The maximum absolute atomic E-state index is 3.54. The van der Waals surface area contributed by atoms with Gasteiger partial charge >= 0.3 is 0 Å². The van der Waals surface area contributed by atoms with Gasteiger partial charge in [-0.2, -0.15) is 0 Å². The molecule has 0 amide bonds. The summed E-state index contributed by atoms with van der Waals surface area (Å²) in [7, 11) is 0. The van der Waals surface area contributed by atoms with Crippen molar-refractivity contribution in [3.8, 4) is 0 Å². The quantitative estimate of drug-likeness (QED) is 0.563. The molecular weight excluding hydrogens is 244 g/mol. The van der Waals surface area contributed by atoms with E-state index in [0.717, 1.165) is 12.0 Å². The van der Waals surface area contributed by atoms with Gasteiger partial charge in [-0.15, -0.1) is 0 Å². The van der Waals surface area contributed by atoms with Gasteiger partial charge < -0.3 is 10.2 Å². The molecule has 1 saturated carbocycles. The van der Waals surface area contributed by atoms with Gasteiger partial charge in [0.25, 0.3) is 0 Å². The first-order valence-electron chi connectivity index (χ1n) is 9.18. The summed E-state index contributed by atoms with van der Waals surface area (Å²) in [5.41, 5.74) is 0. The number of nitrogens with zero attached hydrogens (tertiary/aromatic N) is 1. The molecule has 1 N–H and O–H groups in total. The van der Waals surface area contributed by atoms with Crippen LogP contribution < -0.4 is 5.32 Å². The Morgan fingerprint density at radius 1 is 1.00 bits per heavy atom. The number of hydrogen-bond donors (Lipinski definition) is 1. The Kier molecular flexibility index (Phi) is 10.4. The minimum atomic E-state index is 0.781. The highest BCUT2D eigenvalue weighted by atomic mass is 15.1. The van der Waals surface area contributed by atoms with Crippen molar-refractivity contribution in [3.05, 3.63) is 0 Å². The Labute approximate surface area is 127 Å². The summed E-state index contributed by atoms with van der Waals surface area (Å²) in [6, 6.07) is 0.904. The molecule has 0 radical (unpaired) electrons. The largest absolute Gasteiger partial charge is 0.316 e. The fraction of sp³-hybridized carbons (Fsp3) is 1.00. The molecule has 0 heterocycles. The van der Waals surface area contributed by atoms with Gasteiger partial charge in [0.1, 0.15) is 0 Å². The lowest BCUT2D eigenvalue weighted by atomic mass is 9.94. The zero-order chi connectivity index (χ0) is 14.6. The second-order valence-corrected chi connectivity index (χ2v) is 6.93. The Bertz CT molecular complexity index is 209. The van der Waals surface area contributed by atoms with E-state index in [1.54, 1.807) is 0 Å². The van der Waals surface area contributed by atoms with Crippen LogP contribution in [-0.2, 0) is 0 Å². The highest BCUT2D eigenvalue weighted by Gasteiger charge is 2.18. The van der Waals surface area contributed by atoms with Crippen molar-refractivity contribution in [2.75, 3.05) is 26.2 Å². The van der Waals surface area contributed by atoms with Crippen molar-refractivity contribution in [3.63, 3.8) is 0 Å². The highest BCUT2D eigenvalue weighted by Crippen LogP contribution is 2.22. The van der Waals surface area contributed by atoms with Crippen LogP contribution >= 0.6 is 0 Å². The summed E-state index contributed by atoms with van der Waals surface area (Å²) >= 11 is 0. The van der Waals surface area contributed by atoms with Crippen LogP contribution in [0.15, 0.2) is 0 Å². The van der Waals surface area contributed by atoms with Crippen molar-refractivity contribution in [1.82, 2.24) is 10.2 Å². The predicted octanol–water partition coefficient (Wildman–Crippen LogP) is 4.45. The predicted molar refractivity (Wildman–Crippen MR) is 90.3 cm³/mol. The summed E-state index contributed by atoms with van der Waals surface area (Å²) < 4.78 is 0. The molecule has 0 atom stereocenters. The van der Waals surface area contributed by atoms with Crippen molar-refractivity contribution >= 4 is 0 Å². The SMILES string of the molecule is CCN(CCCCCCNCC(C)C)C1CCCCC1. The van der Waals surface area contributed by atoms with E-state index in [0.29, 0.717) is 0 Å². The molecule has 1 aliphatic carbocycles. The average Bonchev–Trinajstić information content (AvgIpc) is 2.46. The van der Waals surface area contributed by atoms with Gasteiger partial charge in [0, 0.05) is 6.04 Å². The van der Waals surface area contributed by atoms with Crippen molar-refractivity contribution in [2.24, 2.45) is 5.92 Å². The molecule has 0 aromatic rings. The average molecular weight is 283 g/mol. The minimum absolute atomic E-state index is 0.781. The molecule has 1 fully saturated rings. The standard InChI is InChI=1S/C18H38N2/c1-4-20(18-12-8-7-9-13-18)15-11-6-5-10-14-19-16-17(2)3/h17-19H,4-16H2,1-3H3. The van der Waals surface area contributed by atoms with Crippen LogP contribution in [0.25, 0.3) is 0 Å². The second-order valence-electron chi connectivity index (χ2n) is 6.93. The highest BCUT2D eigenvalue weighted by molar-refractivity contribution is 4.75. The topological polar surface area (TPSA) is 15.3 Å². The van der Waals surface area contributed by atoms with Gasteiger partial charge in [-0.1, -0.05) is 52.9 Å². The van der Waals surface area contributed by atoms with E-state index in [-0.39, 0.29) is 0 Å². The summed E-state index contributed by atoms with van der Waals surface area (Å²) in [4.78, 5) is 2.75. The van der Waals surface area contributed by atoms with E-state index in [9.17, 15) is 0 Å². The Balaban J connectivity index is 1.95. The number of nitrogens with one attached hydrogen (secondary N) is 1. The summed E-state index contributed by atoms with van der Waals surface area (Å²) in [6.07, 6.45) is 12.8. The lowest BCUT2D eigenvalue weighted by molar-refractivity contribution is 0.160. The molecule has 0 spiro atoms. The number of unbranched alkanes of at least 4 members (excludes halogenated alkanes) is 3. The van der Waals surface area contributed by atoms with Crippen molar-refractivity contribution in [2.45, 2.75) is 84.6 Å². The zero-order valence-corrected chi connectivity index (χ0v) is 14.3. The first kappa shape index (κ1) is 18.0. The first-order chi connectivity index (χ1) is 9.74.